The zero-order valence-electron chi connectivity index (χ0n) is 13.6. The Labute approximate surface area is 131 Å². The molecular formula is C16H24N2O4. The summed E-state index contributed by atoms with van der Waals surface area (Å²) in [6, 6.07) is 5.56. The number of carbonyl (C=O) groups excluding carboxylic acids is 1. The molecule has 0 fully saturated rings. The van der Waals surface area contributed by atoms with Gasteiger partial charge >= 0.3 is 0 Å². The van der Waals surface area contributed by atoms with Crippen LogP contribution in [0.1, 0.15) is 32.8 Å². The van der Waals surface area contributed by atoms with E-state index in [2.05, 4.69) is 10.5 Å². The number of rotatable bonds is 9. The number of nitrogens with zero attached hydrogens (tertiary/aromatic N) is 1. The van der Waals surface area contributed by atoms with E-state index in [-0.39, 0.29) is 18.6 Å². The first-order valence-electron chi connectivity index (χ1n) is 7.36. The third-order valence-corrected chi connectivity index (χ3v) is 2.98. The fraction of sp³-hybridized carbons (Fsp3) is 0.500. The maximum Gasteiger partial charge on any atom is 0.260 e. The van der Waals surface area contributed by atoms with Gasteiger partial charge in [-0.1, -0.05) is 12.1 Å². The van der Waals surface area contributed by atoms with Crippen molar-refractivity contribution < 1.29 is 19.1 Å². The minimum absolute atomic E-state index is 0.102. The fourth-order valence-corrected chi connectivity index (χ4v) is 1.65. The Bertz CT molecular complexity index is 503. The molecular weight excluding hydrogens is 284 g/mol. The lowest BCUT2D eigenvalue weighted by molar-refractivity contribution is -0.126. The average molecular weight is 308 g/mol. The number of nitrogens with one attached hydrogen (secondary N) is 1. The Morgan fingerprint density at radius 3 is 2.77 bits per heavy atom. The van der Waals surface area contributed by atoms with Crippen LogP contribution in [0.3, 0.4) is 0 Å². The summed E-state index contributed by atoms with van der Waals surface area (Å²) in [5.74, 6) is 1.12. The highest BCUT2D eigenvalue weighted by Gasteiger charge is 2.06. The van der Waals surface area contributed by atoms with E-state index >= 15 is 0 Å². The van der Waals surface area contributed by atoms with Gasteiger partial charge in [0, 0.05) is 11.6 Å². The molecule has 0 spiro atoms. The van der Waals surface area contributed by atoms with Crippen LogP contribution >= 0.6 is 0 Å². The molecule has 0 radical (unpaired) electrons. The molecule has 122 valence electrons. The van der Waals surface area contributed by atoms with Crippen molar-refractivity contribution in [3.63, 3.8) is 0 Å². The summed E-state index contributed by atoms with van der Waals surface area (Å²) in [5.41, 5.74) is 0.794. The summed E-state index contributed by atoms with van der Waals surface area (Å²) in [5, 5.41) is 6.58. The topological polar surface area (TPSA) is 69.2 Å². The molecule has 22 heavy (non-hydrogen) atoms. The Balaban J connectivity index is 2.51. The minimum atomic E-state index is -0.184. The number of carbonyl (C=O) groups is 1. The molecule has 6 heteroatoms. The van der Waals surface area contributed by atoms with E-state index in [1.54, 1.807) is 19.2 Å². The largest absolute Gasteiger partial charge is 0.493 e. The van der Waals surface area contributed by atoms with Gasteiger partial charge in [0.25, 0.3) is 5.91 Å². The highest BCUT2D eigenvalue weighted by molar-refractivity contribution is 5.81. The highest BCUT2D eigenvalue weighted by Crippen LogP contribution is 2.27. The minimum Gasteiger partial charge on any atom is -0.493 e. The summed E-state index contributed by atoms with van der Waals surface area (Å²) in [6.45, 7) is 6.32. The number of methoxy groups -OCH3 is 1. The highest BCUT2D eigenvalue weighted by atomic mass is 16.6. The zero-order valence-corrected chi connectivity index (χ0v) is 13.6. The lowest BCUT2D eigenvalue weighted by atomic mass is 10.2. The SMILES string of the molecule is CCOc1ccc(/C=N\OCC(=O)N[C@H](C)CC)cc1OC. The van der Waals surface area contributed by atoms with Crippen molar-refractivity contribution in [1.82, 2.24) is 5.32 Å². The van der Waals surface area contributed by atoms with E-state index in [4.69, 9.17) is 14.3 Å². The summed E-state index contributed by atoms with van der Waals surface area (Å²) in [7, 11) is 1.58. The molecule has 0 aromatic heterocycles. The summed E-state index contributed by atoms with van der Waals surface area (Å²) in [6.07, 6.45) is 2.40. The van der Waals surface area contributed by atoms with Gasteiger partial charge in [-0.3, -0.25) is 4.79 Å². The van der Waals surface area contributed by atoms with Gasteiger partial charge in [0.15, 0.2) is 18.1 Å². The molecule has 1 N–H and O–H groups in total. The number of amides is 1. The van der Waals surface area contributed by atoms with Crippen LogP contribution in [0.15, 0.2) is 23.4 Å². The maximum absolute atomic E-state index is 11.5. The Morgan fingerprint density at radius 2 is 2.14 bits per heavy atom. The van der Waals surface area contributed by atoms with Gasteiger partial charge in [0.1, 0.15) is 0 Å². The van der Waals surface area contributed by atoms with Crippen molar-refractivity contribution in [1.29, 1.82) is 0 Å². The van der Waals surface area contributed by atoms with E-state index in [1.807, 2.05) is 26.8 Å². The second-order valence-electron chi connectivity index (χ2n) is 4.73. The first kappa shape index (κ1) is 17.8. The molecule has 1 atom stereocenters. The molecule has 1 amide bonds. The molecule has 0 bridgehead atoms. The Kier molecular flexibility index (Phi) is 7.81. The first-order valence-corrected chi connectivity index (χ1v) is 7.36. The lowest BCUT2D eigenvalue weighted by Gasteiger charge is -2.10. The molecule has 1 aromatic rings. The number of ether oxygens (including phenoxy) is 2. The molecule has 1 aromatic carbocycles. The first-order chi connectivity index (χ1) is 10.6. The third kappa shape index (κ3) is 6.03. The van der Waals surface area contributed by atoms with E-state index in [1.165, 1.54) is 6.21 Å². The zero-order chi connectivity index (χ0) is 16.4. The van der Waals surface area contributed by atoms with Gasteiger partial charge in [-0.05, 0) is 38.5 Å². The molecule has 0 unspecified atom stereocenters. The fourth-order valence-electron chi connectivity index (χ4n) is 1.65. The molecule has 0 heterocycles. The molecule has 0 aliphatic carbocycles. The van der Waals surface area contributed by atoms with E-state index in [0.29, 0.717) is 18.1 Å². The van der Waals surface area contributed by atoms with Crippen LogP contribution < -0.4 is 14.8 Å². The van der Waals surface area contributed by atoms with Crippen molar-refractivity contribution >= 4 is 12.1 Å². The molecule has 1 rings (SSSR count). The predicted octanol–water partition coefficient (Wildman–Crippen LogP) is 2.36. The standard InChI is InChI=1S/C16H24N2O4/c1-5-12(3)18-16(19)11-22-17-10-13-7-8-14(21-6-2)15(9-13)20-4/h7-10,12H,5-6,11H2,1-4H3,(H,18,19)/b17-10-/t12-/m1/s1. The number of oxime groups is 1. The van der Waals surface area contributed by atoms with Crippen LogP contribution in [0.4, 0.5) is 0 Å². The van der Waals surface area contributed by atoms with Gasteiger partial charge in [-0.2, -0.15) is 0 Å². The quantitative estimate of drug-likeness (QED) is 0.561. The van der Waals surface area contributed by atoms with Crippen molar-refractivity contribution in [2.45, 2.75) is 33.2 Å². The molecule has 0 aliphatic heterocycles. The second kappa shape index (κ2) is 9.65. The lowest BCUT2D eigenvalue weighted by Crippen LogP contribution is -2.34. The summed E-state index contributed by atoms with van der Waals surface area (Å²) < 4.78 is 10.7. The van der Waals surface area contributed by atoms with Gasteiger partial charge in [0.05, 0.1) is 19.9 Å². The van der Waals surface area contributed by atoms with Crippen LogP contribution in [-0.4, -0.2) is 38.5 Å². The number of hydrogen-bond donors (Lipinski definition) is 1. The van der Waals surface area contributed by atoms with Crippen LogP contribution in [-0.2, 0) is 9.63 Å². The molecule has 0 saturated carbocycles. The van der Waals surface area contributed by atoms with Crippen LogP contribution in [0.25, 0.3) is 0 Å². The molecule has 0 aliphatic rings. The van der Waals surface area contributed by atoms with Crippen LogP contribution in [0.2, 0.25) is 0 Å². The Morgan fingerprint density at radius 1 is 1.36 bits per heavy atom. The third-order valence-electron chi connectivity index (χ3n) is 2.98. The second-order valence-corrected chi connectivity index (χ2v) is 4.73. The van der Waals surface area contributed by atoms with Crippen molar-refractivity contribution in [3.8, 4) is 11.5 Å². The van der Waals surface area contributed by atoms with Crippen LogP contribution in [0, 0.1) is 0 Å². The maximum atomic E-state index is 11.5. The smallest absolute Gasteiger partial charge is 0.260 e. The predicted molar refractivity (Wildman–Crippen MR) is 85.6 cm³/mol. The van der Waals surface area contributed by atoms with Gasteiger partial charge in [-0.15, -0.1) is 0 Å². The number of hydrogen-bond acceptors (Lipinski definition) is 5. The van der Waals surface area contributed by atoms with Crippen molar-refractivity contribution in [3.05, 3.63) is 23.8 Å². The average Bonchev–Trinajstić information content (AvgIpc) is 2.52. The normalized spacial score (nSPS) is 12.0. The molecule has 6 nitrogen and oxygen atoms in total. The number of benzene rings is 1. The molecule has 0 saturated heterocycles. The van der Waals surface area contributed by atoms with E-state index in [9.17, 15) is 4.79 Å². The van der Waals surface area contributed by atoms with Crippen LogP contribution in [0.5, 0.6) is 11.5 Å². The monoisotopic (exact) mass is 308 g/mol. The van der Waals surface area contributed by atoms with Gasteiger partial charge < -0.3 is 19.6 Å². The van der Waals surface area contributed by atoms with Crippen molar-refractivity contribution in [2.75, 3.05) is 20.3 Å². The van der Waals surface area contributed by atoms with Crippen molar-refractivity contribution in [2.24, 2.45) is 5.16 Å². The Hall–Kier alpha value is -2.24. The van der Waals surface area contributed by atoms with Gasteiger partial charge in [-0.25, -0.2) is 0 Å². The summed E-state index contributed by atoms with van der Waals surface area (Å²) in [4.78, 5) is 16.5. The summed E-state index contributed by atoms with van der Waals surface area (Å²) >= 11 is 0. The van der Waals surface area contributed by atoms with E-state index < -0.39 is 0 Å². The van der Waals surface area contributed by atoms with E-state index in [0.717, 1.165) is 12.0 Å². The van der Waals surface area contributed by atoms with Gasteiger partial charge in [0.2, 0.25) is 0 Å².